The van der Waals surface area contributed by atoms with Crippen molar-refractivity contribution in [1.82, 2.24) is 9.80 Å². The van der Waals surface area contributed by atoms with E-state index in [4.69, 9.17) is 5.73 Å². The maximum absolute atomic E-state index is 6.45. The summed E-state index contributed by atoms with van der Waals surface area (Å²) in [5, 5.41) is 0. The Labute approximate surface area is 113 Å². The third kappa shape index (κ3) is 3.46. The first-order valence-electron chi connectivity index (χ1n) is 7.92. The summed E-state index contributed by atoms with van der Waals surface area (Å²) in [6.45, 7) is 5.96. The molecule has 2 N–H and O–H groups in total. The van der Waals surface area contributed by atoms with Crippen molar-refractivity contribution >= 4 is 0 Å². The largest absolute Gasteiger partial charge is 0.326 e. The minimum Gasteiger partial charge on any atom is -0.326 e. The Hall–Kier alpha value is -0.120. The molecule has 106 valence electrons. The molecular formula is C15H31N3. The normalized spacial score (nSPS) is 37.2. The highest BCUT2D eigenvalue weighted by atomic mass is 15.3. The van der Waals surface area contributed by atoms with Gasteiger partial charge < -0.3 is 10.6 Å². The third-order valence-corrected chi connectivity index (χ3v) is 5.03. The molecule has 0 amide bonds. The first-order chi connectivity index (χ1) is 8.72. The van der Waals surface area contributed by atoms with Gasteiger partial charge >= 0.3 is 0 Å². The number of nitrogens with two attached hydrogens (primary N) is 1. The molecule has 1 aliphatic heterocycles. The zero-order valence-corrected chi connectivity index (χ0v) is 12.3. The van der Waals surface area contributed by atoms with Gasteiger partial charge in [-0.15, -0.1) is 0 Å². The van der Waals surface area contributed by atoms with Gasteiger partial charge in [0.15, 0.2) is 0 Å². The molecule has 1 aliphatic carbocycles. The molecule has 3 heteroatoms. The molecule has 2 aliphatic rings. The molecule has 2 rings (SSSR count). The Morgan fingerprint density at radius 2 is 1.78 bits per heavy atom. The zero-order valence-electron chi connectivity index (χ0n) is 12.3. The topological polar surface area (TPSA) is 32.5 Å². The molecule has 0 aromatic rings. The van der Waals surface area contributed by atoms with Crippen molar-refractivity contribution in [2.24, 2.45) is 5.73 Å². The van der Waals surface area contributed by atoms with Crippen LogP contribution in [0.3, 0.4) is 0 Å². The van der Waals surface area contributed by atoms with Gasteiger partial charge in [0, 0.05) is 37.8 Å². The SMILES string of the molecule is CCC1CN(C2CCCCCCC2N)CCN1C. The van der Waals surface area contributed by atoms with Gasteiger partial charge in [-0.05, 0) is 26.3 Å². The van der Waals surface area contributed by atoms with E-state index in [0.717, 1.165) is 6.04 Å². The van der Waals surface area contributed by atoms with E-state index in [1.807, 2.05) is 0 Å². The average molecular weight is 253 g/mol. The zero-order chi connectivity index (χ0) is 13.0. The van der Waals surface area contributed by atoms with Crippen LogP contribution in [0.2, 0.25) is 0 Å². The molecule has 1 heterocycles. The summed E-state index contributed by atoms with van der Waals surface area (Å²) in [4.78, 5) is 5.22. The standard InChI is InChI=1S/C15H31N3/c1-3-13-12-18(11-10-17(13)2)15-9-7-5-4-6-8-14(15)16/h13-15H,3-12,16H2,1-2H3. The van der Waals surface area contributed by atoms with Gasteiger partial charge in [0.2, 0.25) is 0 Å². The number of likely N-dealkylation sites (N-methyl/N-ethyl adjacent to an activating group) is 1. The highest BCUT2D eigenvalue weighted by Gasteiger charge is 2.31. The molecule has 3 unspecified atom stereocenters. The Bertz CT molecular complexity index is 244. The summed E-state index contributed by atoms with van der Waals surface area (Å²) in [5.74, 6) is 0. The molecule has 0 spiro atoms. The first kappa shape index (κ1) is 14.3. The van der Waals surface area contributed by atoms with Crippen LogP contribution in [0.1, 0.15) is 51.9 Å². The fourth-order valence-corrected chi connectivity index (χ4v) is 3.66. The van der Waals surface area contributed by atoms with Crippen LogP contribution in [0.5, 0.6) is 0 Å². The molecule has 3 nitrogen and oxygen atoms in total. The Morgan fingerprint density at radius 3 is 2.50 bits per heavy atom. The lowest BCUT2D eigenvalue weighted by molar-refractivity contribution is 0.0463. The highest BCUT2D eigenvalue weighted by Crippen LogP contribution is 2.23. The van der Waals surface area contributed by atoms with Crippen molar-refractivity contribution in [1.29, 1.82) is 0 Å². The van der Waals surface area contributed by atoms with Gasteiger partial charge in [0.25, 0.3) is 0 Å². The molecular weight excluding hydrogens is 222 g/mol. The molecule has 0 radical (unpaired) electrons. The van der Waals surface area contributed by atoms with Crippen LogP contribution >= 0.6 is 0 Å². The quantitative estimate of drug-likeness (QED) is 0.817. The minimum atomic E-state index is 0.409. The molecule has 1 saturated carbocycles. The van der Waals surface area contributed by atoms with Crippen molar-refractivity contribution in [2.45, 2.75) is 70.0 Å². The van der Waals surface area contributed by atoms with Gasteiger partial charge in [-0.2, -0.15) is 0 Å². The fraction of sp³-hybridized carbons (Fsp3) is 1.00. The van der Waals surface area contributed by atoms with Gasteiger partial charge in [-0.3, -0.25) is 4.90 Å². The van der Waals surface area contributed by atoms with Gasteiger partial charge in [-0.1, -0.05) is 32.6 Å². The second kappa shape index (κ2) is 6.88. The van der Waals surface area contributed by atoms with Gasteiger partial charge in [-0.25, -0.2) is 0 Å². The van der Waals surface area contributed by atoms with Crippen LogP contribution in [-0.4, -0.2) is 54.6 Å². The van der Waals surface area contributed by atoms with Crippen molar-refractivity contribution in [3.05, 3.63) is 0 Å². The molecule has 3 atom stereocenters. The third-order valence-electron chi connectivity index (χ3n) is 5.03. The molecule has 18 heavy (non-hydrogen) atoms. The van der Waals surface area contributed by atoms with E-state index in [2.05, 4.69) is 23.8 Å². The van der Waals surface area contributed by atoms with E-state index < -0.39 is 0 Å². The van der Waals surface area contributed by atoms with E-state index >= 15 is 0 Å². The molecule has 1 saturated heterocycles. The van der Waals surface area contributed by atoms with Gasteiger partial charge in [0.1, 0.15) is 0 Å². The summed E-state index contributed by atoms with van der Waals surface area (Å²) in [7, 11) is 2.27. The van der Waals surface area contributed by atoms with E-state index in [0.29, 0.717) is 12.1 Å². The Balaban J connectivity index is 1.95. The average Bonchev–Trinajstić information content (AvgIpc) is 2.36. The molecule has 2 fully saturated rings. The molecule has 0 aromatic carbocycles. The summed E-state index contributed by atoms with van der Waals surface area (Å²) in [5.41, 5.74) is 6.45. The monoisotopic (exact) mass is 253 g/mol. The number of piperazine rings is 1. The predicted octanol–water partition coefficient (Wildman–Crippen LogP) is 2.06. The lowest BCUT2D eigenvalue weighted by Crippen LogP contribution is -2.58. The van der Waals surface area contributed by atoms with Crippen molar-refractivity contribution in [2.75, 3.05) is 26.7 Å². The molecule has 0 bridgehead atoms. The van der Waals surface area contributed by atoms with Crippen LogP contribution in [-0.2, 0) is 0 Å². The lowest BCUT2D eigenvalue weighted by atomic mass is 9.91. The number of hydrogen-bond donors (Lipinski definition) is 1. The predicted molar refractivity (Wildman–Crippen MR) is 77.7 cm³/mol. The second-order valence-corrected chi connectivity index (χ2v) is 6.26. The first-order valence-corrected chi connectivity index (χ1v) is 7.92. The summed E-state index contributed by atoms with van der Waals surface area (Å²) >= 11 is 0. The molecule has 0 aromatic heterocycles. The van der Waals surface area contributed by atoms with E-state index in [1.165, 1.54) is 64.6 Å². The van der Waals surface area contributed by atoms with E-state index in [1.54, 1.807) is 0 Å². The maximum Gasteiger partial charge on any atom is 0.0248 e. The van der Waals surface area contributed by atoms with Crippen LogP contribution in [0.15, 0.2) is 0 Å². The second-order valence-electron chi connectivity index (χ2n) is 6.26. The smallest absolute Gasteiger partial charge is 0.0248 e. The highest BCUT2D eigenvalue weighted by molar-refractivity contribution is 4.89. The Kier molecular flexibility index (Phi) is 5.46. The Morgan fingerprint density at radius 1 is 1.06 bits per heavy atom. The summed E-state index contributed by atoms with van der Waals surface area (Å²) in [6, 6.07) is 1.79. The van der Waals surface area contributed by atoms with Crippen LogP contribution in [0.4, 0.5) is 0 Å². The van der Waals surface area contributed by atoms with Crippen molar-refractivity contribution in [3.63, 3.8) is 0 Å². The number of nitrogens with zero attached hydrogens (tertiary/aromatic N) is 2. The maximum atomic E-state index is 6.45. The lowest BCUT2D eigenvalue weighted by Gasteiger charge is -2.45. The van der Waals surface area contributed by atoms with E-state index in [9.17, 15) is 0 Å². The van der Waals surface area contributed by atoms with Crippen LogP contribution < -0.4 is 5.73 Å². The number of rotatable bonds is 2. The number of hydrogen-bond acceptors (Lipinski definition) is 3. The van der Waals surface area contributed by atoms with Crippen LogP contribution in [0.25, 0.3) is 0 Å². The fourth-order valence-electron chi connectivity index (χ4n) is 3.66. The minimum absolute atomic E-state index is 0.409. The van der Waals surface area contributed by atoms with Gasteiger partial charge in [0.05, 0.1) is 0 Å². The van der Waals surface area contributed by atoms with E-state index in [-0.39, 0.29) is 0 Å². The summed E-state index contributed by atoms with van der Waals surface area (Å²) < 4.78 is 0. The van der Waals surface area contributed by atoms with Crippen molar-refractivity contribution in [3.8, 4) is 0 Å². The van der Waals surface area contributed by atoms with Crippen LogP contribution in [0, 0.1) is 0 Å². The summed E-state index contributed by atoms with van der Waals surface area (Å²) in [6.07, 6.45) is 9.32. The van der Waals surface area contributed by atoms with Crippen molar-refractivity contribution < 1.29 is 0 Å².